The Morgan fingerprint density at radius 3 is 1.73 bits per heavy atom. The van der Waals surface area contributed by atoms with E-state index in [-0.39, 0.29) is 0 Å². The van der Waals surface area contributed by atoms with E-state index < -0.39 is 29.6 Å². The molecular weight excluding hydrogens is 420 g/mol. The number of ether oxygens (including phenoxy) is 2. The molecule has 0 aliphatic heterocycles. The van der Waals surface area contributed by atoms with Crippen molar-refractivity contribution in [3.8, 4) is 6.07 Å². The molecular formula is C25H30N4O4. The minimum Gasteiger partial charge on any atom is -0.443 e. The molecule has 0 spiro atoms. The standard InChI is InChI=1S/C25H30N4O4/c1-24(2,3)32-22(30)28-29(23(31)33-25(4,5)6)20(17-26)27-21(18-13-9-7-10-14-18)19-15-11-8-12-16-19/h7-16,20H,1-6H3,(H,28,30). The summed E-state index contributed by atoms with van der Waals surface area (Å²) in [4.78, 5) is 29.9. The molecule has 1 N–H and O–H groups in total. The number of amides is 2. The van der Waals surface area contributed by atoms with Crippen molar-refractivity contribution in [1.29, 1.82) is 5.26 Å². The van der Waals surface area contributed by atoms with Gasteiger partial charge in [0.15, 0.2) is 0 Å². The lowest BCUT2D eigenvalue weighted by atomic mass is 10.0. The molecule has 0 aliphatic carbocycles. The highest BCUT2D eigenvalue weighted by atomic mass is 16.6. The Kier molecular flexibility index (Phi) is 8.19. The first-order chi connectivity index (χ1) is 15.4. The summed E-state index contributed by atoms with van der Waals surface area (Å²) >= 11 is 0. The Hall–Kier alpha value is -3.86. The largest absolute Gasteiger partial charge is 0.443 e. The second-order valence-electron chi connectivity index (χ2n) is 9.18. The number of nitrogens with one attached hydrogen (secondary N) is 1. The topological polar surface area (TPSA) is 104 Å². The molecule has 0 saturated carbocycles. The first-order valence-electron chi connectivity index (χ1n) is 10.5. The van der Waals surface area contributed by atoms with Crippen molar-refractivity contribution in [2.75, 3.05) is 0 Å². The molecule has 0 bridgehead atoms. The summed E-state index contributed by atoms with van der Waals surface area (Å²) < 4.78 is 10.7. The molecule has 0 radical (unpaired) electrons. The van der Waals surface area contributed by atoms with Crippen molar-refractivity contribution in [2.24, 2.45) is 4.99 Å². The molecule has 2 rings (SSSR count). The van der Waals surface area contributed by atoms with Crippen LogP contribution in [0.2, 0.25) is 0 Å². The third-order valence-electron chi connectivity index (χ3n) is 3.91. The lowest BCUT2D eigenvalue weighted by Crippen LogP contribution is -2.53. The summed E-state index contributed by atoms with van der Waals surface area (Å²) in [5, 5.41) is 10.7. The fourth-order valence-electron chi connectivity index (χ4n) is 2.69. The van der Waals surface area contributed by atoms with E-state index in [0.29, 0.717) is 5.71 Å². The van der Waals surface area contributed by atoms with Gasteiger partial charge in [0.2, 0.25) is 6.17 Å². The lowest BCUT2D eigenvalue weighted by Gasteiger charge is -2.30. The average Bonchev–Trinajstić information content (AvgIpc) is 2.72. The summed E-state index contributed by atoms with van der Waals surface area (Å²) in [5.41, 5.74) is 2.60. The Bertz CT molecular complexity index is 975. The summed E-state index contributed by atoms with van der Waals surface area (Å²) in [6.45, 7) is 10.1. The number of hydrogen-bond donors (Lipinski definition) is 1. The zero-order valence-electron chi connectivity index (χ0n) is 19.8. The SMILES string of the molecule is CC(C)(C)OC(=O)NN(C(=O)OC(C)(C)C)C(C#N)N=C(c1ccccc1)c1ccccc1. The number of benzene rings is 2. The van der Waals surface area contributed by atoms with Crippen molar-refractivity contribution >= 4 is 17.9 Å². The zero-order chi connectivity index (χ0) is 24.6. The molecule has 8 heteroatoms. The highest BCUT2D eigenvalue weighted by Crippen LogP contribution is 2.16. The van der Waals surface area contributed by atoms with Crippen LogP contribution in [0.3, 0.4) is 0 Å². The highest BCUT2D eigenvalue weighted by Gasteiger charge is 2.32. The monoisotopic (exact) mass is 450 g/mol. The molecule has 1 atom stereocenters. The van der Waals surface area contributed by atoms with Gasteiger partial charge >= 0.3 is 12.2 Å². The normalized spacial score (nSPS) is 12.0. The molecule has 1 unspecified atom stereocenters. The molecule has 0 heterocycles. The Morgan fingerprint density at radius 2 is 1.33 bits per heavy atom. The quantitative estimate of drug-likeness (QED) is 0.518. The van der Waals surface area contributed by atoms with Gasteiger partial charge in [0, 0.05) is 11.1 Å². The van der Waals surface area contributed by atoms with Gasteiger partial charge in [0.05, 0.1) is 5.71 Å². The van der Waals surface area contributed by atoms with Gasteiger partial charge in [-0.05, 0) is 41.5 Å². The van der Waals surface area contributed by atoms with Crippen LogP contribution >= 0.6 is 0 Å². The van der Waals surface area contributed by atoms with Crippen LogP contribution in [0.25, 0.3) is 0 Å². The summed E-state index contributed by atoms with van der Waals surface area (Å²) in [5.74, 6) is 0. The summed E-state index contributed by atoms with van der Waals surface area (Å²) in [6, 6.07) is 20.5. The van der Waals surface area contributed by atoms with E-state index in [1.165, 1.54) is 0 Å². The van der Waals surface area contributed by atoms with Gasteiger partial charge in [0.1, 0.15) is 17.3 Å². The maximum Gasteiger partial charge on any atom is 0.432 e. The van der Waals surface area contributed by atoms with E-state index in [9.17, 15) is 14.9 Å². The van der Waals surface area contributed by atoms with Crippen LogP contribution < -0.4 is 5.43 Å². The van der Waals surface area contributed by atoms with Gasteiger partial charge in [-0.1, -0.05) is 60.7 Å². The van der Waals surface area contributed by atoms with Crippen molar-refractivity contribution in [2.45, 2.75) is 58.9 Å². The van der Waals surface area contributed by atoms with E-state index >= 15 is 0 Å². The molecule has 174 valence electrons. The molecule has 0 aliphatic rings. The number of carbonyl (C=O) groups excluding carboxylic acids is 2. The number of nitrogens with zero attached hydrogens (tertiary/aromatic N) is 3. The number of carbonyl (C=O) groups is 2. The van der Waals surface area contributed by atoms with E-state index in [1.807, 2.05) is 66.7 Å². The lowest BCUT2D eigenvalue weighted by molar-refractivity contribution is -0.00350. The molecule has 8 nitrogen and oxygen atoms in total. The first-order valence-corrected chi connectivity index (χ1v) is 10.5. The van der Waals surface area contributed by atoms with Crippen LogP contribution in [-0.2, 0) is 9.47 Å². The highest BCUT2D eigenvalue weighted by molar-refractivity contribution is 6.13. The average molecular weight is 451 g/mol. The third-order valence-corrected chi connectivity index (χ3v) is 3.91. The van der Waals surface area contributed by atoms with Crippen LogP contribution in [0.15, 0.2) is 65.7 Å². The van der Waals surface area contributed by atoms with E-state index in [1.54, 1.807) is 41.5 Å². The molecule has 0 fully saturated rings. The number of nitriles is 1. The van der Waals surface area contributed by atoms with Crippen LogP contribution in [0.4, 0.5) is 9.59 Å². The zero-order valence-corrected chi connectivity index (χ0v) is 19.8. The van der Waals surface area contributed by atoms with Crippen LogP contribution in [0, 0.1) is 11.3 Å². The van der Waals surface area contributed by atoms with Gasteiger partial charge in [-0.25, -0.2) is 20.0 Å². The maximum absolute atomic E-state index is 12.9. The van der Waals surface area contributed by atoms with Crippen molar-refractivity contribution in [3.63, 3.8) is 0 Å². The fraction of sp³-hybridized carbons (Fsp3) is 0.360. The van der Waals surface area contributed by atoms with Crippen LogP contribution in [0.5, 0.6) is 0 Å². The van der Waals surface area contributed by atoms with Gasteiger partial charge < -0.3 is 9.47 Å². The maximum atomic E-state index is 12.9. The fourth-order valence-corrected chi connectivity index (χ4v) is 2.69. The number of hydrazine groups is 1. The third kappa shape index (κ3) is 8.30. The molecule has 0 saturated heterocycles. The van der Waals surface area contributed by atoms with Crippen molar-refractivity contribution < 1.29 is 19.1 Å². The number of aliphatic imine (C=N–C) groups is 1. The minimum absolute atomic E-state index is 0.474. The molecule has 2 amide bonds. The minimum atomic E-state index is -1.43. The van der Waals surface area contributed by atoms with Gasteiger partial charge in [-0.15, -0.1) is 0 Å². The van der Waals surface area contributed by atoms with Crippen LogP contribution in [-0.4, -0.2) is 40.3 Å². The molecule has 0 aromatic heterocycles. The van der Waals surface area contributed by atoms with E-state index in [2.05, 4.69) is 10.4 Å². The molecule has 2 aromatic rings. The van der Waals surface area contributed by atoms with Crippen molar-refractivity contribution in [3.05, 3.63) is 71.8 Å². The number of rotatable bonds is 4. The summed E-state index contributed by atoms with van der Waals surface area (Å²) in [6.07, 6.45) is -3.28. The van der Waals surface area contributed by atoms with E-state index in [0.717, 1.165) is 16.1 Å². The Labute approximate surface area is 194 Å². The molecule has 33 heavy (non-hydrogen) atoms. The van der Waals surface area contributed by atoms with Gasteiger partial charge in [-0.2, -0.15) is 10.3 Å². The smallest absolute Gasteiger partial charge is 0.432 e. The second-order valence-corrected chi connectivity index (χ2v) is 9.18. The molecule has 2 aromatic carbocycles. The van der Waals surface area contributed by atoms with Gasteiger partial charge in [-0.3, -0.25) is 0 Å². The summed E-state index contributed by atoms with van der Waals surface area (Å²) in [7, 11) is 0. The van der Waals surface area contributed by atoms with Crippen molar-refractivity contribution in [1.82, 2.24) is 10.4 Å². The predicted molar refractivity (Wildman–Crippen MR) is 125 cm³/mol. The Morgan fingerprint density at radius 1 is 0.879 bits per heavy atom. The first kappa shape index (κ1) is 25.4. The number of hydrogen-bond acceptors (Lipinski definition) is 6. The van der Waals surface area contributed by atoms with E-state index in [4.69, 9.17) is 9.47 Å². The second kappa shape index (κ2) is 10.6. The van der Waals surface area contributed by atoms with Crippen LogP contribution in [0.1, 0.15) is 52.7 Å². The van der Waals surface area contributed by atoms with Gasteiger partial charge in [0.25, 0.3) is 0 Å². The Balaban J connectivity index is 2.52. The predicted octanol–water partition coefficient (Wildman–Crippen LogP) is 5.05.